The fourth-order valence-electron chi connectivity index (χ4n) is 0.0714. The molecule has 0 aromatic carbocycles. The van der Waals surface area contributed by atoms with Crippen molar-refractivity contribution >= 4 is 22.6 Å². The molecule has 0 saturated heterocycles. The molecular formula is C3H2F3I. The minimum Gasteiger partial charge on any atom is -0.167 e. The molecule has 0 spiro atoms. The molecule has 7 heavy (non-hydrogen) atoms. The summed E-state index contributed by atoms with van der Waals surface area (Å²) in [5, 5.41) is 0. The second-order valence-electron chi connectivity index (χ2n) is 0.834. The first-order chi connectivity index (χ1) is 3.06. The minimum atomic E-state index is -4.14. The van der Waals surface area contributed by atoms with Gasteiger partial charge in [0.2, 0.25) is 0 Å². The molecule has 0 saturated carbocycles. The van der Waals surface area contributed by atoms with Crippen molar-refractivity contribution in [3.8, 4) is 0 Å². The van der Waals surface area contributed by atoms with E-state index in [0.29, 0.717) is 0 Å². The predicted molar refractivity (Wildman–Crippen MR) is 29.2 cm³/mol. The molecule has 0 aliphatic heterocycles. The summed E-state index contributed by atoms with van der Waals surface area (Å²) in [5.74, 6) is 0. The van der Waals surface area contributed by atoms with Crippen LogP contribution in [-0.4, -0.2) is 6.18 Å². The van der Waals surface area contributed by atoms with Crippen LogP contribution in [0.3, 0.4) is 0 Å². The molecule has 0 aromatic rings. The summed E-state index contributed by atoms with van der Waals surface area (Å²) in [4.78, 5) is 0. The van der Waals surface area contributed by atoms with Gasteiger partial charge in [0.15, 0.2) is 0 Å². The minimum absolute atomic E-state index is 0.174. The van der Waals surface area contributed by atoms with Crippen molar-refractivity contribution in [1.82, 2.24) is 0 Å². The van der Waals surface area contributed by atoms with Crippen molar-refractivity contribution in [3.63, 3.8) is 0 Å². The number of hydrogen-bond acceptors (Lipinski definition) is 0. The molecule has 0 fully saturated rings. The van der Waals surface area contributed by atoms with Gasteiger partial charge in [-0.15, -0.1) is 0 Å². The quantitative estimate of drug-likeness (QED) is 0.552. The van der Waals surface area contributed by atoms with E-state index in [1.54, 1.807) is 0 Å². The molecule has 0 atom stereocenters. The maximum absolute atomic E-state index is 11.0. The van der Waals surface area contributed by atoms with Gasteiger partial charge in [0.25, 0.3) is 0 Å². The summed E-state index contributed by atoms with van der Waals surface area (Å²) < 4.78 is 33.8. The zero-order valence-electron chi connectivity index (χ0n) is 3.17. The van der Waals surface area contributed by atoms with Gasteiger partial charge in [0, 0.05) is 6.08 Å². The van der Waals surface area contributed by atoms with E-state index in [1.165, 1.54) is 22.6 Å². The lowest BCUT2D eigenvalue weighted by Crippen LogP contribution is -1.99. The van der Waals surface area contributed by atoms with Crippen LogP contribution in [0.5, 0.6) is 0 Å². The van der Waals surface area contributed by atoms with E-state index < -0.39 is 6.18 Å². The third-order valence-corrected chi connectivity index (χ3v) is 0.612. The first-order valence-corrected chi connectivity index (χ1v) is 2.65. The maximum Gasteiger partial charge on any atom is 0.410 e. The van der Waals surface area contributed by atoms with Crippen molar-refractivity contribution < 1.29 is 13.2 Å². The van der Waals surface area contributed by atoms with E-state index in [9.17, 15) is 13.2 Å². The van der Waals surface area contributed by atoms with Gasteiger partial charge in [-0.2, -0.15) is 13.2 Å². The van der Waals surface area contributed by atoms with E-state index in [0.717, 1.165) is 4.08 Å². The average Bonchev–Trinajstić information content (AvgIpc) is 1.30. The predicted octanol–water partition coefficient (Wildman–Crippen LogP) is 2.50. The topological polar surface area (TPSA) is 0 Å². The second-order valence-corrected chi connectivity index (χ2v) is 1.55. The Morgan fingerprint density at radius 1 is 1.29 bits per heavy atom. The van der Waals surface area contributed by atoms with Crippen molar-refractivity contribution in [3.05, 3.63) is 10.2 Å². The van der Waals surface area contributed by atoms with E-state index in [4.69, 9.17) is 0 Å². The van der Waals surface area contributed by atoms with Crippen LogP contribution in [0.15, 0.2) is 10.2 Å². The van der Waals surface area contributed by atoms with Crippen molar-refractivity contribution in [1.29, 1.82) is 0 Å². The standard InChI is InChI=1S/C3H2F3I/c4-3(5,6)1-2-7/h1-2H/b2-1-. The molecule has 0 aromatic heterocycles. The molecule has 0 nitrogen and oxygen atoms in total. The Morgan fingerprint density at radius 3 is 1.71 bits per heavy atom. The monoisotopic (exact) mass is 222 g/mol. The van der Waals surface area contributed by atoms with Crippen molar-refractivity contribution in [2.24, 2.45) is 0 Å². The Morgan fingerprint density at radius 2 is 1.71 bits per heavy atom. The third-order valence-electron chi connectivity index (χ3n) is 0.252. The largest absolute Gasteiger partial charge is 0.410 e. The Bertz CT molecular complexity index is 72.7. The Hall–Kier alpha value is 0.260. The van der Waals surface area contributed by atoms with Crippen molar-refractivity contribution in [2.45, 2.75) is 6.18 Å². The van der Waals surface area contributed by atoms with Gasteiger partial charge in [-0.25, -0.2) is 0 Å². The molecule has 0 aliphatic carbocycles. The molecule has 0 N–H and O–H groups in total. The number of allylic oxidation sites excluding steroid dienone is 1. The van der Waals surface area contributed by atoms with Gasteiger partial charge >= 0.3 is 6.18 Å². The average molecular weight is 222 g/mol. The van der Waals surface area contributed by atoms with E-state index in [1.807, 2.05) is 0 Å². The lowest BCUT2D eigenvalue weighted by molar-refractivity contribution is -0.0795. The highest BCUT2D eigenvalue weighted by molar-refractivity contribution is 14.1. The summed E-state index contributed by atoms with van der Waals surface area (Å²) in [6, 6.07) is 0. The third kappa shape index (κ3) is 6.26. The Kier molecular flexibility index (Phi) is 2.63. The van der Waals surface area contributed by atoms with Gasteiger partial charge in [0.1, 0.15) is 0 Å². The van der Waals surface area contributed by atoms with E-state index in [-0.39, 0.29) is 6.08 Å². The number of rotatable bonds is 0. The Balaban J connectivity index is 3.56. The smallest absolute Gasteiger partial charge is 0.167 e. The summed E-state index contributed by atoms with van der Waals surface area (Å²) in [7, 11) is 0. The number of alkyl halides is 3. The molecule has 0 heterocycles. The molecule has 4 heteroatoms. The second kappa shape index (κ2) is 2.54. The first kappa shape index (κ1) is 7.26. The lowest BCUT2D eigenvalue weighted by Gasteiger charge is -1.92. The molecule has 0 radical (unpaired) electrons. The summed E-state index contributed by atoms with van der Waals surface area (Å²) in [6.07, 6.45) is -3.96. The summed E-state index contributed by atoms with van der Waals surface area (Å²) >= 11 is 1.51. The summed E-state index contributed by atoms with van der Waals surface area (Å²) in [6.45, 7) is 0. The molecular weight excluding hydrogens is 220 g/mol. The molecule has 0 unspecified atom stereocenters. The molecule has 0 rings (SSSR count). The van der Waals surface area contributed by atoms with Crippen LogP contribution >= 0.6 is 22.6 Å². The van der Waals surface area contributed by atoms with E-state index >= 15 is 0 Å². The van der Waals surface area contributed by atoms with Crippen LogP contribution in [0.4, 0.5) is 13.2 Å². The van der Waals surface area contributed by atoms with Crippen LogP contribution in [0.25, 0.3) is 0 Å². The molecule has 0 bridgehead atoms. The van der Waals surface area contributed by atoms with Crippen LogP contribution in [0.2, 0.25) is 0 Å². The van der Waals surface area contributed by atoms with Gasteiger partial charge in [0.05, 0.1) is 0 Å². The summed E-state index contributed by atoms with van der Waals surface area (Å²) in [5.41, 5.74) is 0. The maximum atomic E-state index is 11.0. The number of hydrogen-bond donors (Lipinski definition) is 0. The van der Waals surface area contributed by atoms with Gasteiger partial charge in [-0.1, -0.05) is 22.6 Å². The van der Waals surface area contributed by atoms with E-state index in [2.05, 4.69) is 0 Å². The zero-order chi connectivity index (χ0) is 5.91. The molecule has 42 valence electrons. The highest BCUT2D eigenvalue weighted by Gasteiger charge is 2.21. The van der Waals surface area contributed by atoms with Crippen LogP contribution in [0, 0.1) is 0 Å². The highest BCUT2D eigenvalue weighted by Crippen LogP contribution is 2.16. The molecule has 0 aliphatic rings. The fourth-order valence-corrected chi connectivity index (χ4v) is 0.479. The lowest BCUT2D eigenvalue weighted by atomic mass is 10.6. The van der Waals surface area contributed by atoms with Gasteiger partial charge in [-0.3, -0.25) is 0 Å². The van der Waals surface area contributed by atoms with Crippen LogP contribution in [-0.2, 0) is 0 Å². The SMILES string of the molecule is FC(F)(F)/C=C\I. The Labute approximate surface area is 52.5 Å². The van der Waals surface area contributed by atoms with Gasteiger partial charge in [-0.05, 0) is 4.08 Å². The zero-order valence-corrected chi connectivity index (χ0v) is 5.32. The highest BCUT2D eigenvalue weighted by atomic mass is 127. The van der Waals surface area contributed by atoms with Crippen LogP contribution in [0.1, 0.15) is 0 Å². The number of halogens is 4. The first-order valence-electron chi connectivity index (χ1n) is 1.41. The van der Waals surface area contributed by atoms with Crippen molar-refractivity contribution in [2.75, 3.05) is 0 Å². The van der Waals surface area contributed by atoms with Gasteiger partial charge < -0.3 is 0 Å². The fraction of sp³-hybridized carbons (Fsp3) is 0.333. The van der Waals surface area contributed by atoms with Crippen LogP contribution < -0.4 is 0 Å². The normalized spacial score (nSPS) is 13.1. The molecule has 0 amide bonds.